The number of hydrogen-bond donors (Lipinski definition) is 8. The van der Waals surface area contributed by atoms with Crippen LogP contribution in [0.15, 0.2) is 102 Å². The van der Waals surface area contributed by atoms with Gasteiger partial charge in [0.05, 0.1) is 17.3 Å². The predicted octanol–water partition coefficient (Wildman–Crippen LogP) is 7.30. The lowest BCUT2D eigenvalue weighted by Crippen LogP contribution is -2.24. The number of carbonyl (C=O) groups excluding carboxylic acids is 2. The van der Waals surface area contributed by atoms with Gasteiger partial charge in [0.25, 0.3) is 0 Å². The summed E-state index contributed by atoms with van der Waals surface area (Å²) < 4.78 is 0. The van der Waals surface area contributed by atoms with E-state index >= 15 is 0 Å². The van der Waals surface area contributed by atoms with Crippen LogP contribution in [0.5, 0.6) is 5.75 Å². The fourth-order valence-electron chi connectivity index (χ4n) is 6.13. The van der Waals surface area contributed by atoms with Gasteiger partial charge in [0, 0.05) is 55.2 Å². The molecule has 0 radical (unpaired) electrons. The highest BCUT2D eigenvalue weighted by Gasteiger charge is 2.14. The van der Waals surface area contributed by atoms with Gasteiger partial charge in [-0.05, 0) is 78.3 Å². The molecule has 1 atom stereocenters. The lowest BCUT2D eigenvalue weighted by atomic mass is 9.99. The van der Waals surface area contributed by atoms with E-state index in [2.05, 4.69) is 26.3 Å². The number of aliphatic hydroxyl groups excluding tert-OH is 1. The van der Waals surface area contributed by atoms with Crippen molar-refractivity contribution in [1.82, 2.24) is 15.6 Å². The summed E-state index contributed by atoms with van der Waals surface area (Å²) in [6, 6.07) is 28.7. The second-order valence-electron chi connectivity index (χ2n) is 12.9. The number of carboxylic acid groups (broad SMARTS) is 1. The van der Waals surface area contributed by atoms with Crippen LogP contribution in [-0.2, 0) is 22.6 Å². The molecule has 0 aliphatic heterocycles. The molecule has 0 aliphatic carbocycles. The summed E-state index contributed by atoms with van der Waals surface area (Å²) in [5, 5.41) is 42.2. The van der Waals surface area contributed by atoms with E-state index in [4.69, 9.17) is 0 Å². The minimum absolute atomic E-state index is 0. The molecular weight excluding hydrogens is 745 g/mol. The van der Waals surface area contributed by atoms with Crippen molar-refractivity contribution in [3.63, 3.8) is 0 Å². The molecule has 0 saturated heterocycles. The van der Waals surface area contributed by atoms with E-state index in [1.165, 1.54) is 12.1 Å². The number of aliphatic hydroxyl groups is 1. The number of H-pyrrole nitrogens is 1. The van der Waals surface area contributed by atoms with Crippen molar-refractivity contribution < 1.29 is 29.7 Å². The zero-order chi connectivity index (χ0) is 37.6. The van der Waals surface area contributed by atoms with Gasteiger partial charge in [0.2, 0.25) is 17.4 Å². The monoisotopic (exact) mass is 791 g/mol. The molecule has 1 heterocycles. The zero-order valence-corrected chi connectivity index (χ0v) is 31.8. The van der Waals surface area contributed by atoms with E-state index in [9.17, 15) is 34.5 Å². The summed E-state index contributed by atoms with van der Waals surface area (Å²) in [5.74, 6) is -0.174. The molecule has 14 heteroatoms. The van der Waals surface area contributed by atoms with Crippen LogP contribution in [0.3, 0.4) is 0 Å². The SMILES string of the molecule is Cl.Cl.O=C(O)Nc1cc(CCCC(=O)NCCCCCC(=O)Nc2ccc(CNC[C@H](O)c3ccc(O)c4[nH]c(=O)ccc34)cc2)ccc1-c1ccccc1. The highest BCUT2D eigenvalue weighted by atomic mass is 35.5. The molecule has 12 nitrogen and oxygen atoms in total. The number of aromatic amines is 1. The molecule has 0 spiro atoms. The quantitative estimate of drug-likeness (QED) is 0.0424. The van der Waals surface area contributed by atoms with Gasteiger partial charge in [-0.1, -0.05) is 67.1 Å². The highest BCUT2D eigenvalue weighted by molar-refractivity contribution is 5.91. The molecule has 0 unspecified atom stereocenters. The maximum absolute atomic E-state index is 12.5. The number of unbranched alkanes of at least 4 members (excludes halogenated alkanes) is 2. The summed E-state index contributed by atoms with van der Waals surface area (Å²) in [5.41, 5.74) is 5.37. The third kappa shape index (κ3) is 13.4. The number of hydrogen-bond acceptors (Lipinski definition) is 7. The average Bonchev–Trinajstić information content (AvgIpc) is 3.14. The van der Waals surface area contributed by atoms with Crippen molar-refractivity contribution in [1.29, 1.82) is 0 Å². The minimum atomic E-state index is -1.13. The van der Waals surface area contributed by atoms with Gasteiger partial charge in [-0.25, -0.2) is 4.79 Å². The average molecular weight is 793 g/mol. The number of rotatable bonds is 18. The molecular formula is C41H47Cl2N5O7. The fraction of sp³-hybridized carbons (Fsp3) is 0.268. The van der Waals surface area contributed by atoms with Crippen molar-refractivity contribution in [3.8, 4) is 16.9 Å². The number of phenols is 1. The summed E-state index contributed by atoms with van der Waals surface area (Å²) >= 11 is 0. The van der Waals surface area contributed by atoms with E-state index in [0.717, 1.165) is 35.1 Å². The third-order valence-electron chi connectivity index (χ3n) is 8.85. The van der Waals surface area contributed by atoms with Crippen molar-refractivity contribution in [2.75, 3.05) is 23.7 Å². The third-order valence-corrected chi connectivity index (χ3v) is 8.85. The largest absolute Gasteiger partial charge is 0.506 e. The summed E-state index contributed by atoms with van der Waals surface area (Å²) in [6.45, 7) is 1.28. The molecule has 0 fully saturated rings. The molecule has 292 valence electrons. The highest BCUT2D eigenvalue weighted by Crippen LogP contribution is 2.30. The number of aryl methyl sites for hydroxylation is 1. The Morgan fingerprint density at radius 2 is 1.47 bits per heavy atom. The first-order valence-corrected chi connectivity index (χ1v) is 17.7. The molecule has 0 bridgehead atoms. The fourth-order valence-corrected chi connectivity index (χ4v) is 6.13. The van der Waals surface area contributed by atoms with Crippen LogP contribution >= 0.6 is 24.8 Å². The van der Waals surface area contributed by atoms with E-state index in [0.29, 0.717) is 67.5 Å². The minimum Gasteiger partial charge on any atom is -0.506 e. The number of benzene rings is 4. The maximum atomic E-state index is 12.5. The second-order valence-corrected chi connectivity index (χ2v) is 12.9. The van der Waals surface area contributed by atoms with Crippen molar-refractivity contribution in [2.45, 2.75) is 57.6 Å². The van der Waals surface area contributed by atoms with E-state index in [1.54, 1.807) is 12.1 Å². The first kappa shape index (κ1) is 44.0. The lowest BCUT2D eigenvalue weighted by molar-refractivity contribution is -0.121. The normalized spacial score (nSPS) is 11.1. The van der Waals surface area contributed by atoms with E-state index in [1.807, 2.05) is 72.8 Å². The van der Waals surface area contributed by atoms with Gasteiger partial charge in [0.15, 0.2) is 0 Å². The molecule has 1 aromatic heterocycles. The number of amides is 3. The molecule has 55 heavy (non-hydrogen) atoms. The van der Waals surface area contributed by atoms with Crippen LogP contribution in [-0.4, -0.2) is 51.3 Å². The van der Waals surface area contributed by atoms with E-state index in [-0.39, 0.29) is 60.0 Å². The predicted molar refractivity (Wildman–Crippen MR) is 220 cm³/mol. The van der Waals surface area contributed by atoms with Crippen molar-refractivity contribution in [3.05, 3.63) is 124 Å². The molecule has 4 aromatic carbocycles. The summed E-state index contributed by atoms with van der Waals surface area (Å²) in [4.78, 5) is 50.4. The Morgan fingerprint density at radius 1 is 0.745 bits per heavy atom. The van der Waals surface area contributed by atoms with Crippen LogP contribution in [0.4, 0.5) is 16.2 Å². The maximum Gasteiger partial charge on any atom is 0.409 e. The molecule has 0 saturated carbocycles. The van der Waals surface area contributed by atoms with Crippen molar-refractivity contribution in [2.24, 2.45) is 0 Å². The first-order chi connectivity index (χ1) is 25.7. The molecule has 5 rings (SSSR count). The molecule has 0 aliphatic rings. The Labute approximate surface area is 331 Å². The number of pyridine rings is 1. The number of phenolic OH excluding ortho intramolecular Hbond substituents is 1. The van der Waals surface area contributed by atoms with E-state index < -0.39 is 12.2 Å². The van der Waals surface area contributed by atoms with Crippen LogP contribution in [0.1, 0.15) is 61.3 Å². The number of fused-ring (bicyclic) bond motifs is 1. The standard InChI is InChI=1S/C41H45N5O7.2ClH/c47-35-21-19-32(33-20-22-39(51)46-40(33)35)36(48)26-42-25-28-13-16-30(17-14-28)44-38(50)11-5-2-6-23-43-37(49)12-7-8-27-15-18-31(29-9-3-1-4-10-29)34(24-27)45-41(52)53;;/h1,3-4,9-10,13-22,24,36,42,45,47-48H,2,5-8,11-12,23,25-26H2,(H,43,49)(H,44,50)(H,46,51)(H,52,53);2*1H/t36-;;/m0../s1. The van der Waals surface area contributed by atoms with Gasteiger partial charge in [-0.15, -0.1) is 24.8 Å². The van der Waals surface area contributed by atoms with Gasteiger partial charge in [0.1, 0.15) is 5.75 Å². The van der Waals surface area contributed by atoms with Gasteiger partial charge >= 0.3 is 6.09 Å². The summed E-state index contributed by atoms with van der Waals surface area (Å²) in [6.07, 6.45) is 2.28. The number of carbonyl (C=O) groups is 3. The topological polar surface area (TPSA) is 193 Å². The van der Waals surface area contributed by atoms with Gasteiger partial charge in [-0.2, -0.15) is 0 Å². The van der Waals surface area contributed by atoms with Crippen LogP contribution < -0.4 is 26.8 Å². The van der Waals surface area contributed by atoms with Gasteiger partial charge < -0.3 is 36.3 Å². The smallest absolute Gasteiger partial charge is 0.409 e. The Kier molecular flexibility index (Phi) is 17.7. The number of nitrogens with one attached hydrogen (secondary N) is 5. The molecule has 5 aromatic rings. The van der Waals surface area contributed by atoms with Crippen LogP contribution in [0.2, 0.25) is 0 Å². The zero-order valence-electron chi connectivity index (χ0n) is 30.2. The Bertz CT molecular complexity index is 2080. The van der Waals surface area contributed by atoms with Crippen LogP contribution in [0, 0.1) is 0 Å². The Morgan fingerprint density at radius 3 is 2.22 bits per heavy atom. The Hall–Kier alpha value is -5.40. The molecule has 3 amide bonds. The summed E-state index contributed by atoms with van der Waals surface area (Å²) in [7, 11) is 0. The molecule has 8 N–H and O–H groups in total. The first-order valence-electron chi connectivity index (χ1n) is 17.7. The van der Waals surface area contributed by atoms with Gasteiger partial charge in [-0.3, -0.25) is 19.7 Å². The number of anilines is 2. The lowest BCUT2D eigenvalue weighted by Gasteiger charge is -2.15. The second kappa shape index (κ2) is 22.1. The number of aromatic hydroxyl groups is 1. The van der Waals surface area contributed by atoms with Crippen molar-refractivity contribution >= 4 is 65.0 Å². The Balaban J connectivity index is 0.00000406. The number of aromatic nitrogens is 1. The number of halogens is 2. The van der Waals surface area contributed by atoms with Crippen LogP contribution in [0.25, 0.3) is 22.0 Å².